The molecule has 0 bridgehead atoms. The molecule has 5 atom stereocenters. The number of ether oxygens (including phenoxy) is 1. The molecule has 3 aliphatic rings. The van der Waals surface area contributed by atoms with Gasteiger partial charge in [-0.3, -0.25) is 9.59 Å². The number of nitrogens with one attached hydrogen (secondary N) is 1. The molecule has 3 heterocycles. The molecule has 0 spiro atoms. The van der Waals surface area contributed by atoms with Gasteiger partial charge in [-0.15, -0.1) is 0 Å². The van der Waals surface area contributed by atoms with E-state index in [-0.39, 0.29) is 29.7 Å². The molecule has 2 amide bonds. The second kappa shape index (κ2) is 5.98. The maximum atomic E-state index is 13.3. The van der Waals surface area contributed by atoms with Crippen LogP contribution < -0.4 is 10.1 Å². The van der Waals surface area contributed by atoms with Crippen molar-refractivity contribution in [2.24, 2.45) is 5.92 Å². The maximum Gasteiger partial charge on any atom is 0.247 e. The predicted octanol–water partition coefficient (Wildman–Crippen LogP) is 3.29. The van der Waals surface area contributed by atoms with Gasteiger partial charge in [0, 0.05) is 22.4 Å². The van der Waals surface area contributed by atoms with E-state index < -0.39 is 11.6 Å². The molecule has 2 saturated heterocycles. The summed E-state index contributed by atoms with van der Waals surface area (Å²) in [6.07, 6.45) is 0. The molecule has 5 nitrogen and oxygen atoms in total. The Morgan fingerprint density at radius 3 is 2.68 bits per heavy atom. The van der Waals surface area contributed by atoms with E-state index in [1.165, 1.54) is 0 Å². The van der Waals surface area contributed by atoms with Crippen LogP contribution in [0.2, 0.25) is 5.02 Å². The monoisotopic (exact) mass is 396 g/mol. The Hall–Kier alpha value is -2.53. The van der Waals surface area contributed by atoms with Gasteiger partial charge >= 0.3 is 0 Å². The average Bonchev–Trinajstić information content (AvgIpc) is 2.97. The van der Waals surface area contributed by atoms with E-state index in [0.29, 0.717) is 11.6 Å². The highest BCUT2D eigenvalue weighted by atomic mass is 35.5. The maximum absolute atomic E-state index is 13.3. The summed E-state index contributed by atoms with van der Waals surface area (Å²) in [5.74, 6) is 0.323. The number of piperazine rings is 1. The van der Waals surface area contributed by atoms with E-state index in [2.05, 4.69) is 5.32 Å². The Balaban J connectivity index is 1.76. The van der Waals surface area contributed by atoms with Crippen molar-refractivity contribution in [2.75, 3.05) is 6.61 Å². The molecule has 1 N–H and O–H groups in total. The van der Waals surface area contributed by atoms with Gasteiger partial charge in [0.15, 0.2) is 0 Å². The van der Waals surface area contributed by atoms with E-state index in [0.717, 1.165) is 16.9 Å². The second-order valence-corrected chi connectivity index (χ2v) is 8.48. The summed E-state index contributed by atoms with van der Waals surface area (Å²) in [6.45, 7) is 4.06. The first-order valence-electron chi connectivity index (χ1n) is 9.54. The zero-order valence-corrected chi connectivity index (χ0v) is 16.4. The number of rotatable bonds is 1. The molecular weight excluding hydrogens is 376 g/mol. The summed E-state index contributed by atoms with van der Waals surface area (Å²) >= 11 is 6.29. The number of amides is 2. The van der Waals surface area contributed by atoms with Crippen molar-refractivity contribution in [3.05, 3.63) is 64.7 Å². The smallest absolute Gasteiger partial charge is 0.247 e. The first-order valence-corrected chi connectivity index (χ1v) is 9.92. The molecule has 0 radical (unpaired) electrons. The van der Waals surface area contributed by atoms with Crippen molar-refractivity contribution in [1.82, 2.24) is 10.2 Å². The third-order valence-corrected chi connectivity index (χ3v) is 6.75. The van der Waals surface area contributed by atoms with Crippen molar-refractivity contribution in [3.8, 4) is 5.75 Å². The summed E-state index contributed by atoms with van der Waals surface area (Å²) < 4.78 is 6.06. The lowest BCUT2D eigenvalue weighted by Crippen LogP contribution is -2.68. The zero-order chi connectivity index (χ0) is 19.6. The van der Waals surface area contributed by atoms with Crippen LogP contribution in [0.15, 0.2) is 48.5 Å². The first kappa shape index (κ1) is 17.6. The van der Waals surface area contributed by atoms with Crippen molar-refractivity contribution >= 4 is 23.4 Å². The van der Waals surface area contributed by atoms with Crippen molar-refractivity contribution in [1.29, 1.82) is 0 Å². The zero-order valence-electron chi connectivity index (χ0n) is 15.7. The van der Waals surface area contributed by atoms with Gasteiger partial charge in [0.1, 0.15) is 17.3 Å². The van der Waals surface area contributed by atoms with Crippen LogP contribution in [-0.4, -0.2) is 34.9 Å². The Kier molecular flexibility index (Phi) is 3.75. The highest BCUT2D eigenvalue weighted by molar-refractivity contribution is 6.30. The molecule has 28 heavy (non-hydrogen) atoms. The van der Waals surface area contributed by atoms with Crippen LogP contribution in [0.25, 0.3) is 0 Å². The van der Waals surface area contributed by atoms with Crippen molar-refractivity contribution < 1.29 is 14.3 Å². The first-order chi connectivity index (χ1) is 13.4. The fourth-order valence-corrected chi connectivity index (χ4v) is 5.50. The molecule has 0 aromatic heterocycles. The highest BCUT2D eigenvalue weighted by Gasteiger charge is 2.66. The van der Waals surface area contributed by atoms with Crippen LogP contribution in [0.4, 0.5) is 0 Å². The molecule has 6 heteroatoms. The van der Waals surface area contributed by atoms with Gasteiger partial charge in [-0.05, 0) is 37.6 Å². The number of fused-ring (bicyclic) bond motifs is 5. The fraction of sp³-hybridized carbons (Fsp3) is 0.364. The van der Waals surface area contributed by atoms with Gasteiger partial charge in [-0.2, -0.15) is 0 Å². The Morgan fingerprint density at radius 2 is 1.93 bits per heavy atom. The van der Waals surface area contributed by atoms with Crippen molar-refractivity contribution in [2.45, 2.75) is 37.4 Å². The summed E-state index contributed by atoms with van der Waals surface area (Å²) in [7, 11) is 0. The topological polar surface area (TPSA) is 58.6 Å². The van der Waals surface area contributed by atoms with Crippen LogP contribution in [0.5, 0.6) is 5.75 Å². The number of carbonyl (C=O) groups excluding carboxylic acids is 2. The molecule has 0 unspecified atom stereocenters. The third kappa shape index (κ3) is 2.20. The summed E-state index contributed by atoms with van der Waals surface area (Å²) in [5, 5.41) is 3.48. The van der Waals surface area contributed by atoms with E-state index in [9.17, 15) is 9.59 Å². The van der Waals surface area contributed by atoms with Gasteiger partial charge in [0.25, 0.3) is 0 Å². The lowest BCUT2D eigenvalue weighted by molar-refractivity contribution is -0.156. The lowest BCUT2D eigenvalue weighted by Gasteiger charge is -2.45. The Labute approximate surface area is 168 Å². The number of benzene rings is 2. The van der Waals surface area contributed by atoms with E-state index in [4.69, 9.17) is 16.3 Å². The molecule has 0 aliphatic carbocycles. The van der Waals surface area contributed by atoms with Gasteiger partial charge < -0.3 is 15.0 Å². The van der Waals surface area contributed by atoms with E-state index in [1.807, 2.05) is 49.4 Å². The van der Waals surface area contributed by atoms with Crippen LogP contribution >= 0.6 is 11.6 Å². The van der Waals surface area contributed by atoms with Gasteiger partial charge in [0.2, 0.25) is 11.8 Å². The highest BCUT2D eigenvalue weighted by Crippen LogP contribution is 2.59. The molecule has 144 valence electrons. The lowest BCUT2D eigenvalue weighted by atomic mass is 9.73. The van der Waals surface area contributed by atoms with Crippen molar-refractivity contribution in [3.63, 3.8) is 0 Å². The number of hydrogen-bond donors (Lipinski definition) is 1. The summed E-state index contributed by atoms with van der Waals surface area (Å²) in [5.41, 5.74) is 0.922. The average molecular weight is 397 g/mol. The largest absolute Gasteiger partial charge is 0.493 e. The molecule has 2 aromatic rings. The number of halogens is 1. The number of nitrogens with zero attached hydrogens (tertiary/aromatic N) is 1. The molecule has 0 saturated carbocycles. The minimum atomic E-state index is -0.992. The molecule has 5 rings (SSSR count). The number of hydrogen-bond acceptors (Lipinski definition) is 3. The Bertz CT molecular complexity index is 979. The van der Waals surface area contributed by atoms with Gasteiger partial charge in [-0.25, -0.2) is 0 Å². The minimum absolute atomic E-state index is 0.0432. The summed E-state index contributed by atoms with van der Waals surface area (Å²) in [6, 6.07) is 14.6. The summed E-state index contributed by atoms with van der Waals surface area (Å²) in [4.78, 5) is 28.4. The van der Waals surface area contributed by atoms with Crippen LogP contribution in [0.3, 0.4) is 0 Å². The minimum Gasteiger partial charge on any atom is -0.493 e. The molecule has 3 aliphatic heterocycles. The SMILES string of the molecule is C[C@@H]1NC(=O)[C@@]2(C)[C@@H](c3ccccc3)[C@H]3COc4ccc(Cl)cc4[C@@H]3N2C1=O. The Morgan fingerprint density at radius 1 is 1.18 bits per heavy atom. The number of carbonyl (C=O) groups is 2. The second-order valence-electron chi connectivity index (χ2n) is 8.04. The molecular formula is C22H21ClN2O3. The van der Waals surface area contributed by atoms with Crippen LogP contribution in [0.1, 0.15) is 36.9 Å². The molecule has 2 fully saturated rings. The van der Waals surface area contributed by atoms with E-state index in [1.54, 1.807) is 17.9 Å². The van der Waals surface area contributed by atoms with Gasteiger partial charge in [-0.1, -0.05) is 41.9 Å². The normalized spacial score (nSPS) is 33.5. The van der Waals surface area contributed by atoms with Crippen LogP contribution in [-0.2, 0) is 9.59 Å². The fourth-order valence-electron chi connectivity index (χ4n) is 5.32. The molecule has 2 aromatic carbocycles. The van der Waals surface area contributed by atoms with Gasteiger partial charge in [0.05, 0.1) is 12.6 Å². The standard InChI is InChI=1S/C22H21ClN2O3/c1-12-20(26)25-19-15-10-14(23)8-9-17(15)28-11-16(19)18(13-6-4-3-5-7-13)22(25,2)21(27)24-12/h3-10,12,16,18-19H,11H2,1-2H3,(H,24,27)/t12-,16+,18-,19-,22+/m0/s1. The van der Waals surface area contributed by atoms with E-state index >= 15 is 0 Å². The quantitative estimate of drug-likeness (QED) is 0.804. The predicted molar refractivity (Wildman–Crippen MR) is 105 cm³/mol. The van der Waals surface area contributed by atoms with Crippen LogP contribution in [0, 0.1) is 5.92 Å². The third-order valence-electron chi connectivity index (χ3n) is 6.51.